The molecular weight excluding hydrogens is 357 g/mol. The van der Waals surface area contributed by atoms with Gasteiger partial charge in [0.2, 0.25) is 5.91 Å². The minimum atomic E-state index is -4.44. The number of hydrogen-bond donors (Lipinski definition) is 2. The Labute approximate surface area is 153 Å². The fourth-order valence-electron chi connectivity index (χ4n) is 2.63. The molecule has 0 aromatic heterocycles. The van der Waals surface area contributed by atoms with E-state index in [1.165, 1.54) is 0 Å². The molecule has 3 aromatic carbocycles. The summed E-state index contributed by atoms with van der Waals surface area (Å²) in [4.78, 5) is 24.3. The number of halogens is 3. The summed E-state index contributed by atoms with van der Waals surface area (Å²) in [6.45, 7) is -0.303. The van der Waals surface area contributed by atoms with Crippen LogP contribution in [0.25, 0.3) is 10.8 Å². The molecule has 3 aromatic rings. The predicted molar refractivity (Wildman–Crippen MR) is 96.4 cm³/mol. The molecule has 4 nitrogen and oxygen atoms in total. The number of nitrogens with one attached hydrogen (secondary N) is 2. The molecule has 0 atom stereocenters. The Bertz CT molecular complexity index is 977. The molecular formula is C20H15F3N2O2. The second-order valence-corrected chi connectivity index (χ2v) is 5.83. The van der Waals surface area contributed by atoms with Gasteiger partial charge in [-0.15, -0.1) is 0 Å². The highest BCUT2D eigenvalue weighted by Gasteiger charge is 2.29. The van der Waals surface area contributed by atoms with Gasteiger partial charge < -0.3 is 10.6 Å². The standard InChI is InChI=1S/C20H15F3N2O2/c21-20(22,23)14-8-10-15(11-9-14)25-18(26)12-24-19(27)17-7-3-5-13-4-1-2-6-16(13)17/h1-11H,12H2,(H,24,27)(H,25,26). The maximum absolute atomic E-state index is 12.5. The van der Waals surface area contributed by atoms with E-state index in [9.17, 15) is 22.8 Å². The van der Waals surface area contributed by atoms with Gasteiger partial charge in [-0.1, -0.05) is 36.4 Å². The zero-order valence-corrected chi connectivity index (χ0v) is 14.0. The van der Waals surface area contributed by atoms with Gasteiger partial charge in [0.1, 0.15) is 0 Å². The first-order chi connectivity index (χ1) is 12.8. The Morgan fingerprint density at radius 2 is 1.52 bits per heavy atom. The number of anilines is 1. The minimum absolute atomic E-state index is 0.215. The monoisotopic (exact) mass is 372 g/mol. The van der Waals surface area contributed by atoms with Gasteiger partial charge >= 0.3 is 6.18 Å². The summed E-state index contributed by atoms with van der Waals surface area (Å²) in [6, 6.07) is 16.7. The van der Waals surface area contributed by atoms with E-state index in [4.69, 9.17) is 0 Å². The molecule has 0 saturated heterocycles. The van der Waals surface area contributed by atoms with E-state index >= 15 is 0 Å². The number of carbonyl (C=O) groups is 2. The molecule has 27 heavy (non-hydrogen) atoms. The molecule has 7 heteroatoms. The summed E-state index contributed by atoms with van der Waals surface area (Å²) in [6.07, 6.45) is -4.44. The normalized spacial score (nSPS) is 11.2. The average molecular weight is 372 g/mol. The van der Waals surface area contributed by atoms with E-state index in [0.29, 0.717) is 5.56 Å². The van der Waals surface area contributed by atoms with Gasteiger partial charge in [0.25, 0.3) is 5.91 Å². The summed E-state index contributed by atoms with van der Waals surface area (Å²) in [5.41, 5.74) is -0.146. The molecule has 2 N–H and O–H groups in total. The zero-order chi connectivity index (χ0) is 19.4. The maximum atomic E-state index is 12.5. The van der Waals surface area contributed by atoms with Crippen molar-refractivity contribution < 1.29 is 22.8 Å². The van der Waals surface area contributed by atoms with Crippen LogP contribution in [0.3, 0.4) is 0 Å². The third-order valence-corrected chi connectivity index (χ3v) is 3.94. The van der Waals surface area contributed by atoms with Gasteiger partial charge in [-0.05, 0) is 41.1 Å². The Balaban J connectivity index is 1.61. The summed E-state index contributed by atoms with van der Waals surface area (Å²) >= 11 is 0. The highest BCUT2D eigenvalue weighted by molar-refractivity contribution is 6.08. The Morgan fingerprint density at radius 1 is 0.852 bits per heavy atom. The molecule has 0 bridgehead atoms. The van der Waals surface area contributed by atoms with Crippen molar-refractivity contribution in [3.8, 4) is 0 Å². The number of rotatable bonds is 4. The second-order valence-electron chi connectivity index (χ2n) is 5.83. The third kappa shape index (κ3) is 4.44. The topological polar surface area (TPSA) is 58.2 Å². The molecule has 0 radical (unpaired) electrons. The van der Waals surface area contributed by atoms with Crippen LogP contribution in [0.2, 0.25) is 0 Å². The van der Waals surface area contributed by atoms with E-state index < -0.39 is 23.6 Å². The average Bonchev–Trinajstić information content (AvgIpc) is 2.65. The molecule has 0 aliphatic rings. The van der Waals surface area contributed by atoms with Crippen LogP contribution in [-0.4, -0.2) is 18.4 Å². The molecule has 0 aliphatic carbocycles. The highest BCUT2D eigenvalue weighted by Crippen LogP contribution is 2.29. The quantitative estimate of drug-likeness (QED) is 0.720. The number of hydrogen-bond acceptors (Lipinski definition) is 2. The van der Waals surface area contributed by atoms with E-state index in [2.05, 4.69) is 10.6 Å². The van der Waals surface area contributed by atoms with Crippen molar-refractivity contribution in [1.82, 2.24) is 5.32 Å². The van der Waals surface area contributed by atoms with Crippen molar-refractivity contribution in [3.63, 3.8) is 0 Å². The Hall–Kier alpha value is -3.35. The molecule has 2 amide bonds. The van der Waals surface area contributed by atoms with Crippen LogP contribution in [0.4, 0.5) is 18.9 Å². The summed E-state index contributed by atoms with van der Waals surface area (Å²) in [7, 11) is 0. The van der Waals surface area contributed by atoms with Gasteiger partial charge in [0.15, 0.2) is 0 Å². The SMILES string of the molecule is O=C(CNC(=O)c1cccc2ccccc12)Nc1ccc(C(F)(F)F)cc1. The molecule has 3 rings (SSSR count). The first-order valence-corrected chi connectivity index (χ1v) is 8.08. The predicted octanol–water partition coefficient (Wildman–Crippen LogP) is 4.23. The van der Waals surface area contributed by atoms with E-state index in [-0.39, 0.29) is 12.2 Å². The Kier molecular flexibility index (Phi) is 5.12. The second kappa shape index (κ2) is 7.49. The first kappa shape index (κ1) is 18.4. The van der Waals surface area contributed by atoms with Crippen LogP contribution < -0.4 is 10.6 Å². The number of alkyl halides is 3. The number of amides is 2. The van der Waals surface area contributed by atoms with Crippen molar-refractivity contribution in [3.05, 3.63) is 77.9 Å². The third-order valence-electron chi connectivity index (χ3n) is 3.94. The molecule has 0 fully saturated rings. The van der Waals surface area contributed by atoms with Crippen molar-refractivity contribution in [2.75, 3.05) is 11.9 Å². The molecule has 0 spiro atoms. The van der Waals surface area contributed by atoms with Gasteiger partial charge in [-0.25, -0.2) is 0 Å². The smallest absolute Gasteiger partial charge is 0.343 e. The van der Waals surface area contributed by atoms with Gasteiger partial charge in [-0.3, -0.25) is 9.59 Å². The van der Waals surface area contributed by atoms with E-state index in [1.807, 2.05) is 30.3 Å². The lowest BCUT2D eigenvalue weighted by Gasteiger charge is -2.10. The summed E-state index contributed by atoms with van der Waals surface area (Å²) < 4.78 is 37.6. The highest BCUT2D eigenvalue weighted by atomic mass is 19.4. The van der Waals surface area contributed by atoms with E-state index in [1.54, 1.807) is 12.1 Å². The lowest BCUT2D eigenvalue weighted by Crippen LogP contribution is -2.32. The largest absolute Gasteiger partial charge is 0.416 e. The molecule has 0 heterocycles. The fraction of sp³-hybridized carbons (Fsp3) is 0.100. The van der Waals surface area contributed by atoms with Gasteiger partial charge in [0.05, 0.1) is 12.1 Å². The van der Waals surface area contributed by atoms with Crippen LogP contribution in [0.15, 0.2) is 66.7 Å². The number of benzene rings is 3. The van der Waals surface area contributed by atoms with Crippen molar-refractivity contribution in [2.45, 2.75) is 6.18 Å². The summed E-state index contributed by atoms with van der Waals surface area (Å²) in [5.74, 6) is -0.947. The van der Waals surface area contributed by atoms with Crippen LogP contribution in [0.5, 0.6) is 0 Å². The minimum Gasteiger partial charge on any atom is -0.343 e. The van der Waals surface area contributed by atoms with E-state index in [0.717, 1.165) is 35.0 Å². The fourth-order valence-corrected chi connectivity index (χ4v) is 2.63. The maximum Gasteiger partial charge on any atom is 0.416 e. The molecule has 138 valence electrons. The van der Waals surface area contributed by atoms with Crippen molar-refractivity contribution in [2.24, 2.45) is 0 Å². The first-order valence-electron chi connectivity index (χ1n) is 8.08. The van der Waals surface area contributed by atoms with Crippen LogP contribution in [0.1, 0.15) is 15.9 Å². The van der Waals surface area contributed by atoms with Crippen LogP contribution in [0, 0.1) is 0 Å². The van der Waals surface area contributed by atoms with Gasteiger partial charge in [-0.2, -0.15) is 13.2 Å². The zero-order valence-electron chi connectivity index (χ0n) is 14.0. The molecule has 0 aliphatic heterocycles. The molecule has 0 saturated carbocycles. The lowest BCUT2D eigenvalue weighted by atomic mass is 10.0. The molecule has 0 unspecified atom stereocenters. The number of carbonyl (C=O) groups excluding carboxylic acids is 2. The van der Waals surface area contributed by atoms with Crippen molar-refractivity contribution >= 4 is 28.3 Å². The Morgan fingerprint density at radius 3 is 2.22 bits per heavy atom. The number of fused-ring (bicyclic) bond motifs is 1. The van der Waals surface area contributed by atoms with Crippen LogP contribution >= 0.6 is 0 Å². The van der Waals surface area contributed by atoms with Crippen LogP contribution in [-0.2, 0) is 11.0 Å². The lowest BCUT2D eigenvalue weighted by molar-refractivity contribution is -0.137. The summed E-state index contributed by atoms with van der Waals surface area (Å²) in [5, 5.41) is 6.63. The van der Waals surface area contributed by atoms with Crippen molar-refractivity contribution in [1.29, 1.82) is 0 Å². The van der Waals surface area contributed by atoms with Gasteiger partial charge in [0, 0.05) is 11.3 Å².